The minimum absolute atomic E-state index is 0.0454. The van der Waals surface area contributed by atoms with Crippen LogP contribution in [0.15, 0.2) is 84.0 Å². The number of nitrogens with zero attached hydrogens (tertiary/aromatic N) is 1. The molecule has 6 heteroatoms. The van der Waals surface area contributed by atoms with Crippen molar-refractivity contribution in [2.45, 2.75) is 18.5 Å². The van der Waals surface area contributed by atoms with Crippen LogP contribution in [0, 0.1) is 6.92 Å². The van der Waals surface area contributed by atoms with Gasteiger partial charge in [0.25, 0.3) is 0 Å². The van der Waals surface area contributed by atoms with Crippen molar-refractivity contribution >= 4 is 35.0 Å². The second-order valence-corrected chi connectivity index (χ2v) is 8.55. The van der Waals surface area contributed by atoms with Gasteiger partial charge in [0.1, 0.15) is 0 Å². The zero-order chi connectivity index (χ0) is 21.6. The number of halogens is 1. The van der Waals surface area contributed by atoms with E-state index < -0.39 is 0 Å². The van der Waals surface area contributed by atoms with Gasteiger partial charge in [-0.25, -0.2) is 4.98 Å². The molecule has 4 nitrogen and oxygen atoms in total. The molecule has 0 unspecified atom stereocenters. The van der Waals surface area contributed by atoms with Crippen molar-refractivity contribution in [3.05, 3.63) is 89.4 Å². The van der Waals surface area contributed by atoms with Crippen LogP contribution in [0.4, 0.5) is 5.69 Å². The van der Waals surface area contributed by atoms with Crippen molar-refractivity contribution in [1.29, 1.82) is 0 Å². The number of aromatic nitrogens is 2. The van der Waals surface area contributed by atoms with Crippen LogP contribution < -0.4 is 5.32 Å². The number of amides is 1. The van der Waals surface area contributed by atoms with E-state index in [1.807, 2.05) is 61.5 Å². The molecule has 0 saturated heterocycles. The first-order valence-corrected chi connectivity index (χ1v) is 11.4. The van der Waals surface area contributed by atoms with Crippen LogP contribution in [0.5, 0.6) is 0 Å². The van der Waals surface area contributed by atoms with Gasteiger partial charge >= 0.3 is 0 Å². The minimum Gasteiger partial charge on any atom is -0.332 e. The molecule has 4 rings (SSSR count). The highest BCUT2D eigenvalue weighted by molar-refractivity contribution is 7.99. The Morgan fingerprint density at radius 1 is 0.968 bits per heavy atom. The van der Waals surface area contributed by atoms with Gasteiger partial charge in [0.2, 0.25) is 5.91 Å². The van der Waals surface area contributed by atoms with E-state index >= 15 is 0 Å². The Labute approximate surface area is 191 Å². The minimum atomic E-state index is -0.0454. The molecule has 0 fully saturated rings. The van der Waals surface area contributed by atoms with Gasteiger partial charge in [-0.15, -0.1) is 0 Å². The average Bonchev–Trinajstić information content (AvgIpc) is 3.22. The molecule has 1 amide bonds. The summed E-state index contributed by atoms with van der Waals surface area (Å²) >= 11 is 7.67. The zero-order valence-electron chi connectivity index (χ0n) is 17.1. The molecule has 0 spiro atoms. The van der Waals surface area contributed by atoms with E-state index in [1.54, 1.807) is 0 Å². The third-order valence-corrected chi connectivity index (χ3v) is 6.19. The third-order valence-electron chi connectivity index (χ3n) is 4.90. The number of aromatic amines is 1. The van der Waals surface area contributed by atoms with E-state index in [4.69, 9.17) is 16.6 Å². The Morgan fingerprint density at radius 2 is 1.65 bits per heavy atom. The highest BCUT2D eigenvalue weighted by atomic mass is 35.5. The lowest BCUT2D eigenvalue weighted by atomic mass is 10.1. The zero-order valence-corrected chi connectivity index (χ0v) is 18.6. The molecule has 2 N–H and O–H groups in total. The Morgan fingerprint density at radius 3 is 2.35 bits per heavy atom. The van der Waals surface area contributed by atoms with Crippen LogP contribution in [0.2, 0.25) is 5.02 Å². The molecule has 0 saturated carbocycles. The van der Waals surface area contributed by atoms with Crippen LogP contribution in [-0.4, -0.2) is 21.6 Å². The molecule has 0 bridgehead atoms. The smallest absolute Gasteiger partial charge is 0.225 e. The number of imidazole rings is 1. The quantitative estimate of drug-likeness (QED) is 0.305. The Hall–Kier alpha value is -3.02. The molecule has 0 radical (unpaired) electrons. The number of carbonyl (C=O) groups excluding carboxylic acids is 1. The topological polar surface area (TPSA) is 57.8 Å². The Balaban J connectivity index is 1.46. The molecule has 0 aliphatic heterocycles. The highest BCUT2D eigenvalue weighted by Gasteiger charge is 2.15. The summed E-state index contributed by atoms with van der Waals surface area (Å²) < 4.78 is 0. The SMILES string of the molecule is Cc1c(Cl)cccc1NC(=O)CCSc1nc(-c2ccccc2)c(-c2ccccc2)[nH]1. The number of benzene rings is 3. The number of thioether (sulfide) groups is 1. The maximum atomic E-state index is 12.4. The van der Waals surface area contributed by atoms with Gasteiger partial charge in [0.15, 0.2) is 5.16 Å². The summed E-state index contributed by atoms with van der Waals surface area (Å²) in [5.74, 6) is 0.567. The van der Waals surface area contributed by atoms with E-state index in [1.165, 1.54) is 11.8 Å². The van der Waals surface area contributed by atoms with E-state index in [9.17, 15) is 4.79 Å². The Bertz CT molecular complexity index is 1120. The lowest BCUT2D eigenvalue weighted by Gasteiger charge is -2.09. The summed E-state index contributed by atoms with van der Waals surface area (Å²) in [6.45, 7) is 1.89. The lowest BCUT2D eigenvalue weighted by molar-refractivity contribution is -0.115. The monoisotopic (exact) mass is 447 g/mol. The van der Waals surface area contributed by atoms with E-state index in [0.29, 0.717) is 17.2 Å². The second-order valence-electron chi connectivity index (χ2n) is 7.06. The average molecular weight is 448 g/mol. The van der Waals surface area contributed by atoms with Gasteiger partial charge < -0.3 is 10.3 Å². The first-order chi connectivity index (χ1) is 15.1. The third kappa shape index (κ3) is 5.19. The highest BCUT2D eigenvalue weighted by Crippen LogP contribution is 2.32. The van der Waals surface area contributed by atoms with Crippen molar-refractivity contribution in [3.63, 3.8) is 0 Å². The summed E-state index contributed by atoms with van der Waals surface area (Å²) in [7, 11) is 0. The molecule has 31 heavy (non-hydrogen) atoms. The van der Waals surface area contributed by atoms with Gasteiger partial charge in [-0.1, -0.05) is 90.1 Å². The number of H-pyrrole nitrogens is 1. The summed E-state index contributed by atoms with van der Waals surface area (Å²) in [5.41, 5.74) is 5.64. The fourth-order valence-electron chi connectivity index (χ4n) is 3.23. The maximum Gasteiger partial charge on any atom is 0.225 e. The molecule has 0 aliphatic rings. The molecular weight excluding hydrogens is 426 g/mol. The number of rotatable bonds is 7. The van der Waals surface area contributed by atoms with Crippen molar-refractivity contribution in [2.75, 3.05) is 11.1 Å². The predicted octanol–water partition coefficient (Wildman–Crippen LogP) is 6.83. The molecule has 1 heterocycles. The maximum absolute atomic E-state index is 12.4. The normalized spacial score (nSPS) is 10.8. The molecule has 4 aromatic rings. The van der Waals surface area contributed by atoms with Crippen molar-refractivity contribution < 1.29 is 4.79 Å². The van der Waals surface area contributed by atoms with Gasteiger partial charge in [-0.2, -0.15) is 0 Å². The van der Waals surface area contributed by atoms with Gasteiger partial charge in [0.05, 0.1) is 11.4 Å². The standard InChI is InChI=1S/C25H22ClN3OS/c1-17-20(26)13-8-14-21(17)27-22(30)15-16-31-25-28-23(18-9-4-2-5-10-18)24(29-25)19-11-6-3-7-12-19/h2-14H,15-16H2,1H3,(H,27,30)(H,28,29). The van der Waals surface area contributed by atoms with Gasteiger partial charge in [-0.3, -0.25) is 4.79 Å². The van der Waals surface area contributed by atoms with Crippen LogP contribution in [0.25, 0.3) is 22.5 Å². The van der Waals surface area contributed by atoms with E-state index in [-0.39, 0.29) is 5.91 Å². The lowest BCUT2D eigenvalue weighted by Crippen LogP contribution is -2.13. The van der Waals surface area contributed by atoms with Crippen LogP contribution in [0.1, 0.15) is 12.0 Å². The Kier molecular flexibility index (Phi) is 6.75. The van der Waals surface area contributed by atoms with Crippen LogP contribution in [-0.2, 0) is 4.79 Å². The first kappa shape index (κ1) is 21.2. The number of nitrogens with one attached hydrogen (secondary N) is 2. The van der Waals surface area contributed by atoms with Crippen molar-refractivity contribution in [3.8, 4) is 22.5 Å². The molecule has 1 aromatic heterocycles. The van der Waals surface area contributed by atoms with Crippen LogP contribution in [0.3, 0.4) is 0 Å². The fraction of sp³-hybridized carbons (Fsp3) is 0.120. The summed E-state index contributed by atoms with van der Waals surface area (Å²) in [6, 6.07) is 25.8. The fourth-order valence-corrected chi connectivity index (χ4v) is 4.22. The number of hydrogen-bond acceptors (Lipinski definition) is 3. The summed E-state index contributed by atoms with van der Waals surface area (Å²) in [5, 5.41) is 4.38. The number of carbonyl (C=O) groups is 1. The van der Waals surface area contributed by atoms with E-state index in [2.05, 4.69) is 34.6 Å². The largest absolute Gasteiger partial charge is 0.332 e. The second kappa shape index (κ2) is 9.86. The number of anilines is 1. The molecule has 0 atom stereocenters. The van der Waals surface area contributed by atoms with Gasteiger partial charge in [0, 0.05) is 34.0 Å². The molecular formula is C25H22ClN3OS. The van der Waals surface area contributed by atoms with Gasteiger partial charge in [-0.05, 0) is 24.6 Å². The molecule has 0 aliphatic carbocycles. The summed E-state index contributed by atoms with van der Waals surface area (Å²) in [6.07, 6.45) is 0.374. The molecule has 156 valence electrons. The molecule has 3 aromatic carbocycles. The van der Waals surface area contributed by atoms with Crippen molar-refractivity contribution in [1.82, 2.24) is 9.97 Å². The predicted molar refractivity (Wildman–Crippen MR) is 130 cm³/mol. The van der Waals surface area contributed by atoms with Crippen molar-refractivity contribution in [2.24, 2.45) is 0 Å². The van der Waals surface area contributed by atoms with E-state index in [0.717, 1.165) is 38.9 Å². The number of hydrogen-bond donors (Lipinski definition) is 2. The summed E-state index contributed by atoms with van der Waals surface area (Å²) in [4.78, 5) is 20.6. The first-order valence-electron chi connectivity index (χ1n) is 10.0. The van der Waals surface area contributed by atoms with Crippen LogP contribution >= 0.6 is 23.4 Å².